The molecule has 3 nitrogen and oxygen atoms in total. The van der Waals surface area contributed by atoms with E-state index in [1.807, 2.05) is 18.2 Å². The van der Waals surface area contributed by atoms with Crippen molar-refractivity contribution in [3.05, 3.63) is 35.4 Å². The summed E-state index contributed by atoms with van der Waals surface area (Å²) in [5.41, 5.74) is 12.7. The van der Waals surface area contributed by atoms with Crippen molar-refractivity contribution >= 4 is 0 Å². The molecule has 0 aliphatic carbocycles. The molecule has 0 unspecified atom stereocenters. The van der Waals surface area contributed by atoms with Crippen LogP contribution in [0.25, 0.3) is 0 Å². The molecule has 0 spiro atoms. The van der Waals surface area contributed by atoms with Crippen LogP contribution in [0.2, 0.25) is 0 Å². The van der Waals surface area contributed by atoms with Crippen molar-refractivity contribution in [1.29, 1.82) is 5.26 Å². The summed E-state index contributed by atoms with van der Waals surface area (Å²) in [5, 5.41) is 8.52. The Morgan fingerprint density at radius 2 is 1.92 bits per heavy atom. The van der Waals surface area contributed by atoms with Gasteiger partial charge in [0.25, 0.3) is 0 Å². The number of nitrogens with zero attached hydrogens (tertiary/aromatic N) is 1. The van der Waals surface area contributed by atoms with Gasteiger partial charge in [0.1, 0.15) is 0 Å². The highest BCUT2D eigenvalue weighted by atomic mass is 14.7. The van der Waals surface area contributed by atoms with Crippen LogP contribution in [-0.2, 0) is 0 Å². The smallest absolute Gasteiger partial charge is 0.0991 e. The summed E-state index contributed by atoms with van der Waals surface area (Å²) in [5.74, 6) is 0. The van der Waals surface area contributed by atoms with Gasteiger partial charge in [-0.3, -0.25) is 0 Å². The maximum Gasteiger partial charge on any atom is 0.0991 e. The summed E-state index contributed by atoms with van der Waals surface area (Å²) < 4.78 is 0. The van der Waals surface area contributed by atoms with Gasteiger partial charge in [0.15, 0.2) is 0 Å². The summed E-state index contributed by atoms with van der Waals surface area (Å²) >= 11 is 0. The summed E-state index contributed by atoms with van der Waals surface area (Å²) in [6.07, 6.45) is 0. The van der Waals surface area contributed by atoms with Gasteiger partial charge in [-0.2, -0.15) is 5.26 Å². The topological polar surface area (TPSA) is 75.8 Å². The van der Waals surface area contributed by atoms with Crippen molar-refractivity contribution in [2.45, 2.75) is 6.04 Å². The quantitative estimate of drug-likeness (QED) is 0.663. The Balaban J connectivity index is 2.86. The molecule has 0 saturated heterocycles. The Kier molecular flexibility index (Phi) is 2.81. The Morgan fingerprint density at radius 3 is 2.33 bits per heavy atom. The fraction of sp³-hybridized carbons (Fsp3) is 0.222. The Labute approximate surface area is 71.6 Å². The van der Waals surface area contributed by atoms with Crippen LogP contribution in [0.4, 0.5) is 0 Å². The summed E-state index contributed by atoms with van der Waals surface area (Å²) in [7, 11) is 0. The highest BCUT2D eigenvalue weighted by Gasteiger charge is 2.01. The van der Waals surface area contributed by atoms with Gasteiger partial charge < -0.3 is 11.5 Å². The molecule has 0 saturated carbocycles. The van der Waals surface area contributed by atoms with E-state index in [0.717, 1.165) is 5.56 Å². The van der Waals surface area contributed by atoms with E-state index in [9.17, 15) is 0 Å². The lowest BCUT2D eigenvalue weighted by Gasteiger charge is -2.07. The van der Waals surface area contributed by atoms with E-state index in [2.05, 4.69) is 0 Å². The molecular formula is C9H11N3. The van der Waals surface area contributed by atoms with Crippen LogP contribution in [0.3, 0.4) is 0 Å². The molecule has 0 heterocycles. The Hall–Kier alpha value is -1.37. The van der Waals surface area contributed by atoms with Gasteiger partial charge in [0.05, 0.1) is 11.6 Å². The van der Waals surface area contributed by atoms with Gasteiger partial charge in [0.2, 0.25) is 0 Å². The molecule has 0 radical (unpaired) electrons. The fourth-order valence-electron chi connectivity index (χ4n) is 0.941. The first-order chi connectivity index (χ1) is 5.77. The minimum absolute atomic E-state index is 0.127. The Morgan fingerprint density at radius 1 is 1.33 bits per heavy atom. The largest absolute Gasteiger partial charge is 0.329 e. The second-order valence-corrected chi connectivity index (χ2v) is 2.58. The number of nitriles is 1. The standard InChI is InChI=1S/C9H11N3/c10-5-7-1-3-8(4-2-7)9(12)6-11/h1-4,9H,6,11-12H2/t9-/m0/s1. The number of hydrogen-bond donors (Lipinski definition) is 2. The van der Waals surface area contributed by atoms with Crippen LogP contribution >= 0.6 is 0 Å². The third kappa shape index (κ3) is 1.82. The van der Waals surface area contributed by atoms with Crippen molar-refractivity contribution in [3.8, 4) is 6.07 Å². The lowest BCUT2D eigenvalue weighted by Crippen LogP contribution is -2.20. The van der Waals surface area contributed by atoms with E-state index in [-0.39, 0.29) is 6.04 Å². The van der Waals surface area contributed by atoms with Crippen LogP contribution in [0.15, 0.2) is 24.3 Å². The molecule has 3 heteroatoms. The highest BCUT2D eigenvalue weighted by molar-refractivity contribution is 5.32. The van der Waals surface area contributed by atoms with E-state index in [1.54, 1.807) is 12.1 Å². The average Bonchev–Trinajstić information content (AvgIpc) is 2.17. The third-order valence-electron chi connectivity index (χ3n) is 1.72. The van der Waals surface area contributed by atoms with E-state index in [0.29, 0.717) is 12.1 Å². The second-order valence-electron chi connectivity index (χ2n) is 2.58. The van der Waals surface area contributed by atoms with E-state index in [1.165, 1.54) is 0 Å². The molecule has 12 heavy (non-hydrogen) atoms. The fourth-order valence-corrected chi connectivity index (χ4v) is 0.941. The predicted molar refractivity (Wildman–Crippen MR) is 47.1 cm³/mol. The van der Waals surface area contributed by atoms with Crippen LogP contribution in [0.1, 0.15) is 17.2 Å². The Bertz CT molecular complexity index is 284. The number of rotatable bonds is 2. The molecule has 0 bridgehead atoms. The molecule has 0 amide bonds. The molecule has 1 atom stereocenters. The maximum atomic E-state index is 8.52. The summed E-state index contributed by atoms with van der Waals surface area (Å²) in [4.78, 5) is 0. The van der Waals surface area contributed by atoms with Crippen LogP contribution in [0, 0.1) is 11.3 Å². The van der Waals surface area contributed by atoms with E-state index in [4.69, 9.17) is 16.7 Å². The predicted octanol–water partition coefficient (Wildman–Crippen LogP) is 0.517. The van der Waals surface area contributed by atoms with Crippen molar-refractivity contribution in [2.75, 3.05) is 6.54 Å². The van der Waals surface area contributed by atoms with Gasteiger partial charge in [-0.15, -0.1) is 0 Å². The van der Waals surface area contributed by atoms with Gasteiger partial charge >= 0.3 is 0 Å². The number of hydrogen-bond acceptors (Lipinski definition) is 3. The van der Waals surface area contributed by atoms with Crippen molar-refractivity contribution in [2.24, 2.45) is 11.5 Å². The zero-order valence-corrected chi connectivity index (χ0v) is 6.70. The molecule has 1 aromatic carbocycles. The third-order valence-corrected chi connectivity index (χ3v) is 1.72. The van der Waals surface area contributed by atoms with Crippen LogP contribution < -0.4 is 11.5 Å². The molecule has 1 aromatic rings. The molecule has 62 valence electrons. The molecule has 0 aromatic heterocycles. The van der Waals surface area contributed by atoms with Crippen LogP contribution in [0.5, 0.6) is 0 Å². The first-order valence-corrected chi connectivity index (χ1v) is 3.73. The van der Waals surface area contributed by atoms with Gasteiger partial charge in [0, 0.05) is 12.6 Å². The van der Waals surface area contributed by atoms with Gasteiger partial charge in [-0.05, 0) is 17.7 Å². The first kappa shape index (κ1) is 8.72. The van der Waals surface area contributed by atoms with Crippen molar-refractivity contribution in [1.82, 2.24) is 0 Å². The van der Waals surface area contributed by atoms with Gasteiger partial charge in [-0.1, -0.05) is 12.1 Å². The minimum atomic E-state index is -0.127. The summed E-state index contributed by atoms with van der Waals surface area (Å²) in [6.45, 7) is 0.423. The second kappa shape index (κ2) is 3.86. The molecule has 4 N–H and O–H groups in total. The average molecular weight is 161 g/mol. The molecule has 1 rings (SSSR count). The molecular weight excluding hydrogens is 150 g/mol. The first-order valence-electron chi connectivity index (χ1n) is 3.73. The lowest BCUT2D eigenvalue weighted by atomic mass is 10.1. The number of nitrogens with two attached hydrogens (primary N) is 2. The monoisotopic (exact) mass is 161 g/mol. The molecule has 0 fully saturated rings. The normalized spacial score (nSPS) is 12.1. The zero-order chi connectivity index (χ0) is 8.97. The lowest BCUT2D eigenvalue weighted by molar-refractivity contribution is 0.737. The number of benzene rings is 1. The summed E-state index contributed by atoms with van der Waals surface area (Å²) in [6, 6.07) is 9.05. The van der Waals surface area contributed by atoms with Crippen molar-refractivity contribution < 1.29 is 0 Å². The van der Waals surface area contributed by atoms with Crippen molar-refractivity contribution in [3.63, 3.8) is 0 Å². The van der Waals surface area contributed by atoms with Crippen LogP contribution in [-0.4, -0.2) is 6.54 Å². The highest BCUT2D eigenvalue weighted by Crippen LogP contribution is 2.09. The molecule has 0 aliphatic heterocycles. The molecule has 0 aliphatic rings. The van der Waals surface area contributed by atoms with E-state index >= 15 is 0 Å². The minimum Gasteiger partial charge on any atom is -0.329 e. The SMILES string of the molecule is N#Cc1ccc([C@@H](N)CN)cc1. The zero-order valence-electron chi connectivity index (χ0n) is 6.70. The van der Waals surface area contributed by atoms with Gasteiger partial charge in [-0.25, -0.2) is 0 Å². The maximum absolute atomic E-state index is 8.52. The van der Waals surface area contributed by atoms with E-state index < -0.39 is 0 Å².